The van der Waals surface area contributed by atoms with Gasteiger partial charge in [-0.05, 0) is 37.8 Å². The summed E-state index contributed by atoms with van der Waals surface area (Å²) in [6.07, 6.45) is 3.25. The van der Waals surface area contributed by atoms with Crippen LogP contribution in [0.3, 0.4) is 0 Å². The normalized spacial score (nSPS) is 12.5. The van der Waals surface area contributed by atoms with Crippen molar-refractivity contribution in [2.24, 2.45) is 5.73 Å². The topological polar surface area (TPSA) is 42.1 Å². The molecule has 0 spiro atoms. The summed E-state index contributed by atoms with van der Waals surface area (Å²) >= 11 is 0. The number of anilines is 1. The van der Waals surface area contributed by atoms with E-state index in [1.807, 2.05) is 0 Å². The molecule has 1 unspecified atom stereocenters. The van der Waals surface area contributed by atoms with Crippen molar-refractivity contribution in [1.29, 1.82) is 0 Å². The molecule has 0 radical (unpaired) electrons. The smallest absolute Gasteiger partial charge is 0.128 e. The Bertz CT molecular complexity index is 357. The maximum Gasteiger partial charge on any atom is 0.128 e. The summed E-state index contributed by atoms with van der Waals surface area (Å²) in [6.45, 7) is 10.7. The fourth-order valence-electron chi connectivity index (χ4n) is 2.23. The molecule has 3 nitrogen and oxygen atoms in total. The summed E-state index contributed by atoms with van der Waals surface area (Å²) in [5.41, 5.74) is 8.33. The summed E-state index contributed by atoms with van der Waals surface area (Å²) < 4.78 is 0. The first-order valence-corrected chi connectivity index (χ1v) is 7.12. The molecule has 0 saturated carbocycles. The first-order chi connectivity index (χ1) is 8.63. The monoisotopic (exact) mass is 249 g/mol. The van der Waals surface area contributed by atoms with E-state index in [1.165, 1.54) is 5.56 Å². The van der Waals surface area contributed by atoms with Crippen molar-refractivity contribution in [1.82, 2.24) is 4.98 Å². The molecule has 1 atom stereocenters. The second-order valence-corrected chi connectivity index (χ2v) is 4.85. The highest BCUT2D eigenvalue weighted by Gasteiger charge is 2.11. The molecule has 0 fully saturated rings. The van der Waals surface area contributed by atoms with Crippen LogP contribution in [0.4, 0.5) is 5.82 Å². The van der Waals surface area contributed by atoms with Crippen LogP contribution >= 0.6 is 0 Å². The average molecular weight is 249 g/mol. The predicted molar refractivity (Wildman–Crippen MR) is 79.0 cm³/mol. The molecule has 1 aromatic rings. The Hall–Kier alpha value is -1.09. The van der Waals surface area contributed by atoms with Crippen LogP contribution in [0, 0.1) is 6.92 Å². The van der Waals surface area contributed by atoms with Gasteiger partial charge in [0, 0.05) is 24.8 Å². The molecule has 0 aromatic carbocycles. The molecule has 1 rings (SSSR count). The molecule has 2 N–H and O–H groups in total. The van der Waals surface area contributed by atoms with Gasteiger partial charge in [0.15, 0.2) is 0 Å². The quantitative estimate of drug-likeness (QED) is 0.805. The van der Waals surface area contributed by atoms with Crippen LogP contribution in [0.5, 0.6) is 0 Å². The molecule has 3 heteroatoms. The Balaban J connectivity index is 2.93. The van der Waals surface area contributed by atoms with E-state index < -0.39 is 0 Å². The van der Waals surface area contributed by atoms with Crippen molar-refractivity contribution in [3.05, 3.63) is 23.4 Å². The van der Waals surface area contributed by atoms with Crippen molar-refractivity contribution in [3.63, 3.8) is 0 Å². The molecular weight excluding hydrogens is 222 g/mol. The van der Waals surface area contributed by atoms with Crippen LogP contribution in [0.2, 0.25) is 0 Å². The lowest BCUT2D eigenvalue weighted by Crippen LogP contribution is -2.26. The van der Waals surface area contributed by atoms with Gasteiger partial charge < -0.3 is 10.6 Å². The van der Waals surface area contributed by atoms with Crippen LogP contribution in [-0.4, -0.2) is 18.1 Å². The molecule has 0 bridgehead atoms. The van der Waals surface area contributed by atoms with E-state index >= 15 is 0 Å². The SMILES string of the molecule is CCCN(CCC)c1ccc(C(N)CC)c(C)n1. The first-order valence-electron chi connectivity index (χ1n) is 7.12. The minimum Gasteiger partial charge on any atom is -0.357 e. The molecule has 1 heterocycles. The molecule has 0 aliphatic heterocycles. The molecule has 102 valence electrons. The maximum absolute atomic E-state index is 6.09. The number of pyridine rings is 1. The summed E-state index contributed by atoms with van der Waals surface area (Å²) in [5.74, 6) is 1.09. The third-order valence-corrected chi connectivity index (χ3v) is 3.26. The standard InChI is InChI=1S/C15H27N3/c1-5-10-18(11-6-2)15-9-8-13(12(4)17-15)14(16)7-3/h8-9,14H,5-7,10-11,16H2,1-4H3. The van der Waals surface area contributed by atoms with E-state index in [0.29, 0.717) is 0 Å². The summed E-state index contributed by atoms with van der Waals surface area (Å²) in [6, 6.07) is 4.37. The van der Waals surface area contributed by atoms with Crippen LogP contribution in [0.25, 0.3) is 0 Å². The Morgan fingerprint density at radius 1 is 1.17 bits per heavy atom. The summed E-state index contributed by atoms with van der Waals surface area (Å²) in [4.78, 5) is 7.08. The highest BCUT2D eigenvalue weighted by atomic mass is 15.2. The number of nitrogens with two attached hydrogens (primary N) is 1. The van der Waals surface area contributed by atoms with Crippen molar-refractivity contribution < 1.29 is 0 Å². The van der Waals surface area contributed by atoms with Crippen LogP contribution in [0.15, 0.2) is 12.1 Å². The van der Waals surface area contributed by atoms with Gasteiger partial charge in [0.25, 0.3) is 0 Å². The second-order valence-electron chi connectivity index (χ2n) is 4.85. The van der Waals surface area contributed by atoms with E-state index in [-0.39, 0.29) is 6.04 Å². The number of aromatic nitrogens is 1. The van der Waals surface area contributed by atoms with Crippen molar-refractivity contribution in [2.45, 2.75) is 53.0 Å². The molecule has 18 heavy (non-hydrogen) atoms. The van der Waals surface area contributed by atoms with Crippen LogP contribution in [0.1, 0.15) is 57.3 Å². The summed E-state index contributed by atoms with van der Waals surface area (Å²) in [7, 11) is 0. The molecular formula is C15H27N3. The van der Waals surface area contributed by atoms with E-state index in [9.17, 15) is 0 Å². The zero-order chi connectivity index (χ0) is 13.5. The second kappa shape index (κ2) is 7.37. The van der Waals surface area contributed by atoms with E-state index in [2.05, 4.69) is 44.7 Å². The lowest BCUT2D eigenvalue weighted by atomic mass is 10.0. The Morgan fingerprint density at radius 2 is 1.78 bits per heavy atom. The molecule has 0 aliphatic rings. The van der Waals surface area contributed by atoms with Crippen molar-refractivity contribution in [2.75, 3.05) is 18.0 Å². The van der Waals surface area contributed by atoms with Gasteiger partial charge in [-0.25, -0.2) is 4.98 Å². The molecule has 1 aromatic heterocycles. The van der Waals surface area contributed by atoms with E-state index in [0.717, 1.165) is 43.9 Å². The predicted octanol–water partition coefficient (Wildman–Crippen LogP) is 3.43. The minimum atomic E-state index is 0.109. The Kier molecular flexibility index (Phi) is 6.13. The molecule has 0 saturated heterocycles. The average Bonchev–Trinajstić information content (AvgIpc) is 2.37. The van der Waals surface area contributed by atoms with E-state index in [1.54, 1.807) is 0 Å². The van der Waals surface area contributed by atoms with Gasteiger partial charge in [0.2, 0.25) is 0 Å². The number of hydrogen-bond donors (Lipinski definition) is 1. The lowest BCUT2D eigenvalue weighted by molar-refractivity contribution is 0.684. The number of nitrogens with zero attached hydrogens (tertiary/aromatic N) is 2. The highest BCUT2D eigenvalue weighted by Crippen LogP contribution is 2.21. The molecule has 0 aliphatic carbocycles. The van der Waals surface area contributed by atoms with Crippen molar-refractivity contribution in [3.8, 4) is 0 Å². The molecule has 0 amide bonds. The van der Waals surface area contributed by atoms with Gasteiger partial charge in [0.1, 0.15) is 5.82 Å². The fourth-order valence-corrected chi connectivity index (χ4v) is 2.23. The maximum atomic E-state index is 6.09. The lowest BCUT2D eigenvalue weighted by Gasteiger charge is -2.24. The Labute approximate surface area is 111 Å². The van der Waals surface area contributed by atoms with Gasteiger partial charge >= 0.3 is 0 Å². The highest BCUT2D eigenvalue weighted by molar-refractivity contribution is 5.42. The third kappa shape index (κ3) is 3.70. The third-order valence-electron chi connectivity index (χ3n) is 3.26. The zero-order valence-electron chi connectivity index (χ0n) is 12.2. The van der Waals surface area contributed by atoms with E-state index in [4.69, 9.17) is 10.7 Å². The first kappa shape index (κ1) is 15.0. The van der Waals surface area contributed by atoms with Gasteiger partial charge in [0.05, 0.1) is 0 Å². The van der Waals surface area contributed by atoms with Crippen LogP contribution < -0.4 is 10.6 Å². The largest absolute Gasteiger partial charge is 0.357 e. The number of aryl methyl sites for hydroxylation is 1. The Morgan fingerprint density at radius 3 is 2.22 bits per heavy atom. The van der Waals surface area contributed by atoms with Gasteiger partial charge in [-0.2, -0.15) is 0 Å². The van der Waals surface area contributed by atoms with Crippen LogP contribution in [-0.2, 0) is 0 Å². The number of hydrogen-bond acceptors (Lipinski definition) is 3. The van der Waals surface area contributed by atoms with Gasteiger partial charge in [-0.3, -0.25) is 0 Å². The van der Waals surface area contributed by atoms with Gasteiger partial charge in [-0.15, -0.1) is 0 Å². The van der Waals surface area contributed by atoms with Crippen molar-refractivity contribution >= 4 is 5.82 Å². The number of rotatable bonds is 7. The van der Waals surface area contributed by atoms with Gasteiger partial charge in [-0.1, -0.05) is 26.8 Å². The summed E-state index contributed by atoms with van der Waals surface area (Å²) in [5, 5.41) is 0. The fraction of sp³-hybridized carbons (Fsp3) is 0.667. The minimum absolute atomic E-state index is 0.109. The zero-order valence-corrected chi connectivity index (χ0v) is 12.2.